The Morgan fingerprint density at radius 2 is 1.85 bits per heavy atom. The molecule has 0 fully saturated rings. The minimum absolute atomic E-state index is 0.122. The summed E-state index contributed by atoms with van der Waals surface area (Å²) in [6.07, 6.45) is 3.37. The number of esters is 1. The maximum Gasteiger partial charge on any atom is 0.323 e. The fraction of sp³-hybridized carbons (Fsp3) is 0.318. The average molecular weight is 350 g/mol. The molecule has 26 heavy (non-hydrogen) atoms. The van der Waals surface area contributed by atoms with Gasteiger partial charge < -0.3 is 15.4 Å². The van der Waals surface area contributed by atoms with Crippen molar-refractivity contribution in [2.75, 3.05) is 5.32 Å². The SMILES string of the molecule is CC(C)OC(=O)[C@H](CC1=CNc2ccccc2C1)NCc1ccccc1. The average Bonchev–Trinajstić information content (AvgIpc) is 2.65. The molecule has 2 aromatic carbocycles. The molecule has 136 valence electrons. The van der Waals surface area contributed by atoms with E-state index in [-0.39, 0.29) is 18.1 Å². The molecule has 0 unspecified atom stereocenters. The van der Waals surface area contributed by atoms with Gasteiger partial charge in [-0.2, -0.15) is 0 Å². The zero-order valence-electron chi connectivity index (χ0n) is 15.4. The van der Waals surface area contributed by atoms with Crippen molar-refractivity contribution in [2.24, 2.45) is 0 Å². The Balaban J connectivity index is 1.67. The van der Waals surface area contributed by atoms with Crippen LogP contribution in [0.2, 0.25) is 0 Å². The van der Waals surface area contributed by atoms with E-state index in [0.717, 1.165) is 17.7 Å². The number of para-hydroxylation sites is 1. The lowest BCUT2D eigenvalue weighted by Gasteiger charge is -2.23. The van der Waals surface area contributed by atoms with Crippen molar-refractivity contribution in [3.8, 4) is 0 Å². The molecule has 0 bridgehead atoms. The first-order chi connectivity index (χ1) is 12.6. The molecule has 0 amide bonds. The van der Waals surface area contributed by atoms with Gasteiger partial charge in [0.25, 0.3) is 0 Å². The number of rotatable bonds is 7. The Bertz CT molecular complexity index is 769. The zero-order chi connectivity index (χ0) is 18.4. The molecule has 1 aliphatic rings. The van der Waals surface area contributed by atoms with E-state index in [4.69, 9.17) is 4.74 Å². The maximum atomic E-state index is 12.6. The van der Waals surface area contributed by atoms with Gasteiger partial charge in [0.1, 0.15) is 6.04 Å². The Labute approximate surface area is 155 Å². The molecule has 4 nitrogen and oxygen atoms in total. The summed E-state index contributed by atoms with van der Waals surface area (Å²) in [5.41, 5.74) is 4.73. The number of fused-ring (bicyclic) bond motifs is 1. The molecule has 2 N–H and O–H groups in total. The molecule has 0 saturated heterocycles. The van der Waals surface area contributed by atoms with Crippen molar-refractivity contribution in [3.63, 3.8) is 0 Å². The second-order valence-electron chi connectivity index (χ2n) is 6.89. The third kappa shape index (κ3) is 4.96. The smallest absolute Gasteiger partial charge is 0.323 e. The topological polar surface area (TPSA) is 50.4 Å². The largest absolute Gasteiger partial charge is 0.462 e. The fourth-order valence-electron chi connectivity index (χ4n) is 3.07. The minimum Gasteiger partial charge on any atom is -0.462 e. The first kappa shape index (κ1) is 18.2. The Kier molecular flexibility index (Phi) is 6.08. The van der Waals surface area contributed by atoms with E-state index in [2.05, 4.69) is 34.9 Å². The monoisotopic (exact) mass is 350 g/mol. The van der Waals surface area contributed by atoms with Gasteiger partial charge in [0.15, 0.2) is 0 Å². The molecule has 4 heteroatoms. The minimum atomic E-state index is -0.365. The van der Waals surface area contributed by atoms with E-state index in [0.29, 0.717) is 13.0 Å². The van der Waals surface area contributed by atoms with E-state index in [1.807, 2.05) is 50.4 Å². The summed E-state index contributed by atoms with van der Waals surface area (Å²) < 4.78 is 5.46. The van der Waals surface area contributed by atoms with Crippen molar-refractivity contribution < 1.29 is 9.53 Å². The van der Waals surface area contributed by atoms with Crippen LogP contribution in [0.4, 0.5) is 5.69 Å². The summed E-state index contributed by atoms with van der Waals surface area (Å²) in [5.74, 6) is -0.198. The molecular formula is C22H26N2O2. The Hall–Kier alpha value is -2.59. The van der Waals surface area contributed by atoms with E-state index >= 15 is 0 Å². The molecular weight excluding hydrogens is 324 g/mol. The number of benzene rings is 2. The van der Waals surface area contributed by atoms with Gasteiger partial charge in [0.05, 0.1) is 6.10 Å². The lowest BCUT2D eigenvalue weighted by Crippen LogP contribution is -2.39. The van der Waals surface area contributed by atoms with Crippen LogP contribution in [0.5, 0.6) is 0 Å². The van der Waals surface area contributed by atoms with Crippen molar-refractivity contribution in [1.82, 2.24) is 5.32 Å². The Morgan fingerprint density at radius 1 is 1.12 bits per heavy atom. The molecule has 0 aromatic heterocycles. The van der Waals surface area contributed by atoms with Crippen LogP contribution in [0.1, 0.15) is 31.4 Å². The quantitative estimate of drug-likeness (QED) is 0.740. The predicted molar refractivity (Wildman–Crippen MR) is 105 cm³/mol. The van der Waals surface area contributed by atoms with E-state index in [1.165, 1.54) is 11.1 Å². The number of carbonyl (C=O) groups excluding carboxylic acids is 1. The van der Waals surface area contributed by atoms with Crippen molar-refractivity contribution >= 4 is 11.7 Å². The summed E-state index contributed by atoms with van der Waals surface area (Å²) in [6, 6.07) is 18.0. The highest BCUT2D eigenvalue weighted by atomic mass is 16.5. The van der Waals surface area contributed by atoms with Crippen molar-refractivity contribution in [1.29, 1.82) is 0 Å². The van der Waals surface area contributed by atoms with Gasteiger partial charge in [-0.15, -0.1) is 0 Å². The standard InChI is InChI=1S/C22H26N2O2/c1-16(2)26-22(25)21(24-14-17-8-4-3-5-9-17)13-18-12-19-10-6-7-11-20(19)23-15-18/h3-11,15-16,21,23-24H,12-14H2,1-2H3/t21-/m0/s1. The van der Waals surface area contributed by atoms with Crippen molar-refractivity contribution in [3.05, 3.63) is 77.5 Å². The van der Waals surface area contributed by atoms with Crippen LogP contribution in [-0.2, 0) is 22.5 Å². The summed E-state index contributed by atoms with van der Waals surface area (Å²) in [6.45, 7) is 4.39. The number of carbonyl (C=O) groups is 1. The maximum absolute atomic E-state index is 12.6. The zero-order valence-corrected chi connectivity index (χ0v) is 15.4. The second-order valence-corrected chi connectivity index (χ2v) is 6.89. The molecule has 2 aromatic rings. The predicted octanol–water partition coefficient (Wildman–Crippen LogP) is 4.04. The van der Waals surface area contributed by atoms with Crippen LogP contribution in [0.15, 0.2) is 66.4 Å². The van der Waals surface area contributed by atoms with Gasteiger partial charge in [-0.1, -0.05) is 48.5 Å². The van der Waals surface area contributed by atoms with E-state index in [1.54, 1.807) is 0 Å². The third-order valence-electron chi connectivity index (χ3n) is 4.36. The third-order valence-corrected chi connectivity index (χ3v) is 4.36. The van der Waals surface area contributed by atoms with E-state index in [9.17, 15) is 4.79 Å². The highest BCUT2D eigenvalue weighted by Gasteiger charge is 2.23. The Morgan fingerprint density at radius 3 is 2.62 bits per heavy atom. The lowest BCUT2D eigenvalue weighted by molar-refractivity contribution is -0.150. The normalized spacial score (nSPS) is 14.2. The van der Waals surface area contributed by atoms with Gasteiger partial charge in [-0.05, 0) is 49.5 Å². The van der Waals surface area contributed by atoms with Crippen LogP contribution in [0.3, 0.4) is 0 Å². The van der Waals surface area contributed by atoms with Crippen LogP contribution in [0.25, 0.3) is 0 Å². The molecule has 0 spiro atoms. The molecule has 1 aliphatic heterocycles. The molecule has 0 saturated carbocycles. The summed E-state index contributed by atoms with van der Waals surface area (Å²) >= 11 is 0. The summed E-state index contributed by atoms with van der Waals surface area (Å²) in [5, 5.41) is 6.70. The highest BCUT2D eigenvalue weighted by molar-refractivity contribution is 5.76. The molecule has 0 aliphatic carbocycles. The summed E-state index contributed by atoms with van der Waals surface area (Å²) in [7, 11) is 0. The number of nitrogens with one attached hydrogen (secondary N) is 2. The number of ether oxygens (including phenoxy) is 1. The first-order valence-electron chi connectivity index (χ1n) is 9.12. The van der Waals surface area contributed by atoms with Crippen LogP contribution in [-0.4, -0.2) is 18.1 Å². The van der Waals surface area contributed by atoms with Gasteiger partial charge in [-0.3, -0.25) is 4.79 Å². The van der Waals surface area contributed by atoms with Crippen LogP contribution in [0, 0.1) is 0 Å². The summed E-state index contributed by atoms with van der Waals surface area (Å²) in [4.78, 5) is 12.6. The van der Waals surface area contributed by atoms with Crippen molar-refractivity contribution in [2.45, 2.75) is 45.4 Å². The van der Waals surface area contributed by atoms with Gasteiger partial charge >= 0.3 is 5.97 Å². The fourth-order valence-corrected chi connectivity index (χ4v) is 3.07. The number of anilines is 1. The van der Waals surface area contributed by atoms with E-state index < -0.39 is 0 Å². The molecule has 1 heterocycles. The van der Waals surface area contributed by atoms with Crippen LogP contribution >= 0.6 is 0 Å². The first-order valence-corrected chi connectivity index (χ1v) is 9.12. The van der Waals surface area contributed by atoms with Gasteiger partial charge in [0, 0.05) is 18.4 Å². The van der Waals surface area contributed by atoms with Gasteiger partial charge in [0.2, 0.25) is 0 Å². The molecule has 1 atom stereocenters. The molecule has 3 rings (SSSR count). The number of hydrogen-bond acceptors (Lipinski definition) is 4. The lowest BCUT2D eigenvalue weighted by atomic mass is 9.95. The van der Waals surface area contributed by atoms with Gasteiger partial charge in [-0.25, -0.2) is 0 Å². The van der Waals surface area contributed by atoms with Crippen LogP contribution < -0.4 is 10.6 Å². The number of hydrogen-bond donors (Lipinski definition) is 2. The highest BCUT2D eigenvalue weighted by Crippen LogP contribution is 2.25. The second kappa shape index (κ2) is 8.68. The molecule has 0 radical (unpaired) electrons.